The molecule has 1 aromatic heterocycles. The van der Waals surface area contributed by atoms with Gasteiger partial charge in [0.1, 0.15) is 12.2 Å². The minimum absolute atomic E-state index is 0.560. The molecular formula is C10H12N4. The number of H-pyrrole nitrogens is 1. The number of nitrogens with one attached hydrogen (secondary N) is 1. The van der Waals surface area contributed by atoms with Crippen LogP contribution in [0.1, 0.15) is 17.0 Å². The second-order valence-corrected chi connectivity index (χ2v) is 3.08. The highest BCUT2D eigenvalue weighted by atomic mass is 15.2. The van der Waals surface area contributed by atoms with Gasteiger partial charge in [0.15, 0.2) is 0 Å². The Kier molecular flexibility index (Phi) is 2.55. The lowest BCUT2D eigenvalue weighted by atomic mass is 10.0. The highest BCUT2D eigenvalue weighted by Gasteiger charge is 2.02. The Labute approximate surface area is 82.2 Å². The first kappa shape index (κ1) is 8.90. The summed E-state index contributed by atoms with van der Waals surface area (Å²) >= 11 is 0. The number of hydrogen-bond donors (Lipinski definition) is 2. The van der Waals surface area contributed by atoms with Crippen molar-refractivity contribution in [2.24, 2.45) is 5.73 Å². The van der Waals surface area contributed by atoms with Gasteiger partial charge in [0, 0.05) is 13.0 Å². The van der Waals surface area contributed by atoms with Crippen LogP contribution in [0.4, 0.5) is 0 Å². The predicted molar refractivity (Wildman–Crippen MR) is 53.5 cm³/mol. The zero-order chi connectivity index (χ0) is 9.80. The Morgan fingerprint density at radius 3 is 2.64 bits per heavy atom. The van der Waals surface area contributed by atoms with Gasteiger partial charge in [-0.05, 0) is 11.1 Å². The molecule has 0 aliphatic carbocycles. The number of aromatic nitrogens is 3. The van der Waals surface area contributed by atoms with Crippen molar-refractivity contribution in [1.29, 1.82) is 0 Å². The first-order valence-corrected chi connectivity index (χ1v) is 4.51. The van der Waals surface area contributed by atoms with Gasteiger partial charge in [-0.1, -0.05) is 24.3 Å². The Bertz CT molecular complexity index is 394. The third kappa shape index (κ3) is 1.80. The highest BCUT2D eigenvalue weighted by Crippen LogP contribution is 2.10. The van der Waals surface area contributed by atoms with Crippen molar-refractivity contribution in [2.45, 2.75) is 13.0 Å². The van der Waals surface area contributed by atoms with Crippen molar-refractivity contribution < 1.29 is 0 Å². The average Bonchev–Trinajstić information content (AvgIpc) is 2.71. The maximum absolute atomic E-state index is 5.63. The van der Waals surface area contributed by atoms with E-state index in [0.29, 0.717) is 6.54 Å². The summed E-state index contributed by atoms with van der Waals surface area (Å²) in [5, 5.41) is 6.64. The number of nitrogens with zero attached hydrogens (tertiary/aromatic N) is 2. The van der Waals surface area contributed by atoms with Crippen LogP contribution in [-0.2, 0) is 13.0 Å². The molecule has 0 saturated carbocycles. The Morgan fingerprint density at radius 2 is 2.00 bits per heavy atom. The van der Waals surface area contributed by atoms with Crippen LogP contribution in [0.25, 0.3) is 0 Å². The van der Waals surface area contributed by atoms with E-state index in [1.165, 1.54) is 11.9 Å². The van der Waals surface area contributed by atoms with Gasteiger partial charge in [-0.15, -0.1) is 0 Å². The van der Waals surface area contributed by atoms with Crippen molar-refractivity contribution in [3.8, 4) is 0 Å². The molecule has 2 aromatic rings. The second-order valence-electron chi connectivity index (χ2n) is 3.08. The fraction of sp³-hybridized carbons (Fsp3) is 0.200. The summed E-state index contributed by atoms with van der Waals surface area (Å²) in [6.45, 7) is 0.560. The summed E-state index contributed by atoms with van der Waals surface area (Å²) in [5.41, 5.74) is 7.99. The maximum Gasteiger partial charge on any atom is 0.137 e. The molecule has 4 heteroatoms. The quantitative estimate of drug-likeness (QED) is 0.750. The summed E-state index contributed by atoms with van der Waals surface area (Å²) in [6.07, 6.45) is 2.27. The summed E-state index contributed by atoms with van der Waals surface area (Å²) in [5.74, 6) is 0.867. The lowest BCUT2D eigenvalue weighted by Gasteiger charge is -2.04. The molecule has 0 amide bonds. The highest BCUT2D eigenvalue weighted by molar-refractivity contribution is 5.29. The van der Waals surface area contributed by atoms with Crippen LogP contribution in [0, 0.1) is 0 Å². The van der Waals surface area contributed by atoms with Crippen molar-refractivity contribution in [3.05, 3.63) is 47.5 Å². The summed E-state index contributed by atoms with van der Waals surface area (Å²) in [6, 6.07) is 8.09. The SMILES string of the molecule is NCc1ccccc1Cc1ncn[nH]1. The smallest absolute Gasteiger partial charge is 0.137 e. The molecule has 0 spiro atoms. The lowest BCUT2D eigenvalue weighted by molar-refractivity contribution is 0.944. The first-order chi connectivity index (χ1) is 6.90. The third-order valence-corrected chi connectivity index (χ3v) is 2.16. The molecule has 0 saturated heterocycles. The van der Waals surface area contributed by atoms with E-state index in [1.807, 2.05) is 18.2 Å². The van der Waals surface area contributed by atoms with E-state index in [9.17, 15) is 0 Å². The van der Waals surface area contributed by atoms with E-state index in [4.69, 9.17) is 5.73 Å². The molecule has 0 aliphatic rings. The Balaban J connectivity index is 2.24. The molecular weight excluding hydrogens is 176 g/mol. The van der Waals surface area contributed by atoms with E-state index in [1.54, 1.807) is 0 Å². The molecule has 0 bridgehead atoms. The molecule has 0 atom stereocenters. The standard InChI is InChI=1S/C10H12N4/c11-6-9-4-2-1-3-8(9)5-10-12-7-13-14-10/h1-4,7H,5-6,11H2,(H,12,13,14). The second kappa shape index (κ2) is 4.02. The van der Waals surface area contributed by atoms with Crippen LogP contribution in [0.15, 0.2) is 30.6 Å². The molecule has 0 aliphatic heterocycles. The summed E-state index contributed by atoms with van der Waals surface area (Å²) in [7, 11) is 0. The van der Waals surface area contributed by atoms with Crippen LogP contribution in [0.3, 0.4) is 0 Å². The monoisotopic (exact) mass is 188 g/mol. The van der Waals surface area contributed by atoms with Gasteiger partial charge >= 0.3 is 0 Å². The van der Waals surface area contributed by atoms with Crippen molar-refractivity contribution in [2.75, 3.05) is 0 Å². The molecule has 72 valence electrons. The molecule has 1 heterocycles. The van der Waals surface area contributed by atoms with Crippen molar-refractivity contribution >= 4 is 0 Å². The largest absolute Gasteiger partial charge is 0.326 e. The lowest BCUT2D eigenvalue weighted by Crippen LogP contribution is -2.02. The minimum Gasteiger partial charge on any atom is -0.326 e. The zero-order valence-electron chi connectivity index (χ0n) is 7.77. The molecule has 0 radical (unpaired) electrons. The molecule has 4 nitrogen and oxygen atoms in total. The Hall–Kier alpha value is -1.68. The number of rotatable bonds is 3. The molecule has 0 fully saturated rings. The van der Waals surface area contributed by atoms with Crippen molar-refractivity contribution in [1.82, 2.24) is 15.2 Å². The topological polar surface area (TPSA) is 67.6 Å². The fourth-order valence-electron chi connectivity index (χ4n) is 1.43. The minimum atomic E-state index is 0.560. The molecule has 14 heavy (non-hydrogen) atoms. The van der Waals surface area contributed by atoms with E-state index < -0.39 is 0 Å². The van der Waals surface area contributed by atoms with E-state index >= 15 is 0 Å². The number of nitrogens with two attached hydrogens (primary N) is 1. The van der Waals surface area contributed by atoms with Crippen LogP contribution < -0.4 is 5.73 Å². The number of aromatic amines is 1. The maximum atomic E-state index is 5.63. The zero-order valence-corrected chi connectivity index (χ0v) is 7.77. The van der Waals surface area contributed by atoms with Gasteiger partial charge in [-0.2, -0.15) is 5.10 Å². The van der Waals surface area contributed by atoms with E-state index in [2.05, 4.69) is 21.2 Å². The first-order valence-electron chi connectivity index (χ1n) is 4.51. The van der Waals surface area contributed by atoms with E-state index in [0.717, 1.165) is 17.8 Å². The molecule has 2 rings (SSSR count). The van der Waals surface area contributed by atoms with Crippen LogP contribution in [-0.4, -0.2) is 15.2 Å². The summed E-state index contributed by atoms with van der Waals surface area (Å²) in [4.78, 5) is 4.08. The van der Waals surface area contributed by atoms with Crippen LogP contribution >= 0.6 is 0 Å². The van der Waals surface area contributed by atoms with Gasteiger partial charge in [0.2, 0.25) is 0 Å². The van der Waals surface area contributed by atoms with Gasteiger partial charge in [-0.3, -0.25) is 5.10 Å². The number of hydrogen-bond acceptors (Lipinski definition) is 3. The molecule has 3 N–H and O–H groups in total. The van der Waals surface area contributed by atoms with Crippen molar-refractivity contribution in [3.63, 3.8) is 0 Å². The fourth-order valence-corrected chi connectivity index (χ4v) is 1.43. The van der Waals surface area contributed by atoms with Gasteiger partial charge < -0.3 is 5.73 Å². The Morgan fingerprint density at radius 1 is 1.21 bits per heavy atom. The van der Waals surface area contributed by atoms with E-state index in [-0.39, 0.29) is 0 Å². The van der Waals surface area contributed by atoms with Crippen LogP contribution in [0.5, 0.6) is 0 Å². The van der Waals surface area contributed by atoms with Crippen LogP contribution in [0.2, 0.25) is 0 Å². The molecule has 1 aromatic carbocycles. The average molecular weight is 188 g/mol. The molecule has 0 unspecified atom stereocenters. The normalized spacial score (nSPS) is 10.4. The third-order valence-electron chi connectivity index (χ3n) is 2.16. The predicted octanol–water partition coefficient (Wildman–Crippen LogP) is 0.854. The number of benzene rings is 1. The van der Waals surface area contributed by atoms with Gasteiger partial charge in [-0.25, -0.2) is 4.98 Å². The summed E-state index contributed by atoms with van der Waals surface area (Å²) < 4.78 is 0. The van der Waals surface area contributed by atoms with Gasteiger partial charge in [0.25, 0.3) is 0 Å². The van der Waals surface area contributed by atoms with Gasteiger partial charge in [0.05, 0.1) is 0 Å².